The maximum absolute atomic E-state index is 10.7. The molecule has 1 aromatic rings. The largest absolute Gasteiger partial charge is 0.481 e. The Morgan fingerprint density at radius 1 is 1.27 bits per heavy atom. The average molecular weight is 204 g/mol. The van der Waals surface area contributed by atoms with E-state index in [1.807, 2.05) is 18.2 Å². The summed E-state index contributed by atoms with van der Waals surface area (Å²) >= 11 is 0. The molecule has 80 valence electrons. The van der Waals surface area contributed by atoms with Crippen molar-refractivity contribution >= 4 is 5.97 Å². The van der Waals surface area contributed by atoms with Gasteiger partial charge in [0, 0.05) is 0 Å². The first kappa shape index (κ1) is 10.2. The Morgan fingerprint density at radius 3 is 2.60 bits per heavy atom. The van der Waals surface area contributed by atoms with E-state index in [0.29, 0.717) is 5.92 Å². The van der Waals surface area contributed by atoms with Gasteiger partial charge in [0.15, 0.2) is 0 Å². The van der Waals surface area contributed by atoms with Crippen molar-refractivity contribution in [2.45, 2.75) is 38.0 Å². The third-order valence-electron chi connectivity index (χ3n) is 3.19. The van der Waals surface area contributed by atoms with Crippen molar-refractivity contribution in [1.82, 2.24) is 0 Å². The molecule has 2 nitrogen and oxygen atoms in total. The first-order valence-electron chi connectivity index (χ1n) is 5.57. The van der Waals surface area contributed by atoms with Crippen LogP contribution < -0.4 is 0 Å². The zero-order valence-electron chi connectivity index (χ0n) is 8.78. The van der Waals surface area contributed by atoms with Crippen LogP contribution in [-0.2, 0) is 11.2 Å². The van der Waals surface area contributed by atoms with Gasteiger partial charge >= 0.3 is 5.97 Å². The molecule has 0 bridgehead atoms. The Labute approximate surface area is 89.9 Å². The van der Waals surface area contributed by atoms with E-state index in [2.05, 4.69) is 6.07 Å². The van der Waals surface area contributed by atoms with Crippen LogP contribution >= 0.6 is 0 Å². The van der Waals surface area contributed by atoms with Crippen molar-refractivity contribution in [3.8, 4) is 0 Å². The maximum atomic E-state index is 10.7. The van der Waals surface area contributed by atoms with Crippen LogP contribution in [0.4, 0.5) is 0 Å². The normalized spacial score (nSPS) is 16.8. The van der Waals surface area contributed by atoms with E-state index in [-0.39, 0.29) is 6.42 Å². The van der Waals surface area contributed by atoms with Crippen LogP contribution in [0.15, 0.2) is 24.3 Å². The van der Waals surface area contributed by atoms with Gasteiger partial charge < -0.3 is 5.11 Å². The molecule has 0 saturated heterocycles. The lowest BCUT2D eigenvalue weighted by atomic mass is 9.91. The summed E-state index contributed by atoms with van der Waals surface area (Å²) in [5.41, 5.74) is 2.26. The number of hydrogen-bond donors (Lipinski definition) is 1. The number of carboxylic acid groups (broad SMARTS) is 1. The highest BCUT2D eigenvalue weighted by molar-refractivity contribution is 5.70. The van der Waals surface area contributed by atoms with E-state index in [4.69, 9.17) is 5.11 Å². The van der Waals surface area contributed by atoms with Crippen LogP contribution in [-0.4, -0.2) is 11.1 Å². The number of carboxylic acids is 1. The summed E-state index contributed by atoms with van der Waals surface area (Å²) in [5, 5.41) is 8.83. The number of aliphatic carboxylic acids is 1. The molecule has 0 spiro atoms. The van der Waals surface area contributed by atoms with Gasteiger partial charge in [0.1, 0.15) is 0 Å². The first-order chi connectivity index (χ1) is 7.27. The molecule has 1 aliphatic carbocycles. The molecule has 2 rings (SSSR count). The summed E-state index contributed by atoms with van der Waals surface area (Å²) in [6.45, 7) is 0. The van der Waals surface area contributed by atoms with Crippen molar-refractivity contribution in [2.24, 2.45) is 0 Å². The lowest BCUT2D eigenvalue weighted by Crippen LogP contribution is -2.05. The predicted molar refractivity (Wildman–Crippen MR) is 59.0 cm³/mol. The van der Waals surface area contributed by atoms with E-state index in [9.17, 15) is 4.79 Å². The molecule has 0 heterocycles. The monoisotopic (exact) mass is 204 g/mol. The summed E-state index contributed by atoms with van der Waals surface area (Å²) in [6.07, 6.45) is 5.16. The van der Waals surface area contributed by atoms with Crippen molar-refractivity contribution < 1.29 is 9.90 Å². The zero-order chi connectivity index (χ0) is 10.7. The number of benzene rings is 1. The first-order valence-corrected chi connectivity index (χ1v) is 5.57. The third kappa shape index (κ3) is 2.38. The Kier molecular flexibility index (Phi) is 3.05. The molecule has 1 aromatic carbocycles. The summed E-state index contributed by atoms with van der Waals surface area (Å²) in [4.78, 5) is 10.7. The van der Waals surface area contributed by atoms with Crippen LogP contribution in [0.3, 0.4) is 0 Å². The molecule has 0 unspecified atom stereocenters. The smallest absolute Gasteiger partial charge is 0.307 e. The maximum Gasteiger partial charge on any atom is 0.307 e. The summed E-state index contributed by atoms with van der Waals surface area (Å²) in [5.74, 6) is -0.138. The molecule has 2 heteroatoms. The van der Waals surface area contributed by atoms with Gasteiger partial charge in [-0.2, -0.15) is 0 Å². The molecule has 15 heavy (non-hydrogen) atoms. The molecule has 0 aliphatic heterocycles. The lowest BCUT2D eigenvalue weighted by Gasteiger charge is -2.13. The molecule has 0 amide bonds. The molecule has 1 fully saturated rings. The second-order valence-electron chi connectivity index (χ2n) is 4.25. The van der Waals surface area contributed by atoms with Gasteiger partial charge in [0.05, 0.1) is 6.42 Å². The lowest BCUT2D eigenvalue weighted by molar-refractivity contribution is -0.136. The highest BCUT2D eigenvalue weighted by Gasteiger charge is 2.19. The second-order valence-corrected chi connectivity index (χ2v) is 4.25. The average Bonchev–Trinajstić information content (AvgIpc) is 2.70. The number of carbonyl (C=O) groups is 1. The Balaban J connectivity index is 2.24. The number of hydrogen-bond acceptors (Lipinski definition) is 1. The van der Waals surface area contributed by atoms with Crippen LogP contribution in [0.5, 0.6) is 0 Å². The third-order valence-corrected chi connectivity index (χ3v) is 3.19. The highest BCUT2D eigenvalue weighted by Crippen LogP contribution is 2.35. The predicted octanol–water partition coefficient (Wildman–Crippen LogP) is 2.97. The van der Waals surface area contributed by atoms with Crippen molar-refractivity contribution in [1.29, 1.82) is 0 Å². The minimum Gasteiger partial charge on any atom is -0.481 e. The molecule has 0 aromatic heterocycles. The van der Waals surface area contributed by atoms with E-state index >= 15 is 0 Å². The molecule has 1 saturated carbocycles. The second kappa shape index (κ2) is 4.47. The topological polar surface area (TPSA) is 37.3 Å². The standard InChI is InChI=1S/C13H16O2/c14-13(15)9-11-7-3-4-8-12(11)10-5-1-2-6-10/h3-4,7-8,10H,1-2,5-6,9H2,(H,14,15). The molecule has 0 radical (unpaired) electrons. The van der Waals surface area contributed by atoms with Gasteiger partial charge in [0.2, 0.25) is 0 Å². The van der Waals surface area contributed by atoms with Gasteiger partial charge in [-0.1, -0.05) is 37.1 Å². The molecule has 0 atom stereocenters. The van der Waals surface area contributed by atoms with Gasteiger partial charge in [-0.05, 0) is 29.9 Å². The van der Waals surface area contributed by atoms with Crippen LogP contribution in [0.25, 0.3) is 0 Å². The molecular formula is C13H16O2. The van der Waals surface area contributed by atoms with Crippen LogP contribution in [0, 0.1) is 0 Å². The molecular weight excluding hydrogens is 188 g/mol. The van der Waals surface area contributed by atoms with Gasteiger partial charge in [-0.15, -0.1) is 0 Å². The van der Waals surface area contributed by atoms with Gasteiger partial charge in [-0.25, -0.2) is 0 Å². The van der Waals surface area contributed by atoms with Crippen molar-refractivity contribution in [3.63, 3.8) is 0 Å². The molecule has 1 N–H and O–H groups in total. The SMILES string of the molecule is O=C(O)Cc1ccccc1C1CCCC1. The summed E-state index contributed by atoms with van der Waals surface area (Å²) in [7, 11) is 0. The summed E-state index contributed by atoms with van der Waals surface area (Å²) in [6, 6.07) is 7.98. The fraction of sp³-hybridized carbons (Fsp3) is 0.462. The Morgan fingerprint density at radius 2 is 1.93 bits per heavy atom. The fourth-order valence-corrected chi connectivity index (χ4v) is 2.49. The van der Waals surface area contributed by atoms with Crippen LogP contribution in [0.1, 0.15) is 42.7 Å². The Bertz CT molecular complexity index is 351. The van der Waals surface area contributed by atoms with E-state index < -0.39 is 5.97 Å². The van der Waals surface area contributed by atoms with E-state index in [1.54, 1.807) is 0 Å². The van der Waals surface area contributed by atoms with E-state index in [1.165, 1.54) is 31.2 Å². The zero-order valence-corrected chi connectivity index (χ0v) is 8.78. The van der Waals surface area contributed by atoms with Gasteiger partial charge in [-0.3, -0.25) is 4.79 Å². The van der Waals surface area contributed by atoms with Crippen molar-refractivity contribution in [2.75, 3.05) is 0 Å². The van der Waals surface area contributed by atoms with E-state index in [0.717, 1.165) is 5.56 Å². The number of rotatable bonds is 3. The molecule has 1 aliphatic rings. The minimum absolute atomic E-state index is 0.159. The quantitative estimate of drug-likeness (QED) is 0.821. The van der Waals surface area contributed by atoms with Crippen LogP contribution in [0.2, 0.25) is 0 Å². The summed E-state index contributed by atoms with van der Waals surface area (Å²) < 4.78 is 0. The highest BCUT2D eigenvalue weighted by atomic mass is 16.4. The van der Waals surface area contributed by atoms with Gasteiger partial charge in [0.25, 0.3) is 0 Å². The minimum atomic E-state index is -0.736. The fourth-order valence-electron chi connectivity index (χ4n) is 2.49. The Hall–Kier alpha value is -1.31. The van der Waals surface area contributed by atoms with Crippen molar-refractivity contribution in [3.05, 3.63) is 35.4 Å².